The van der Waals surface area contributed by atoms with Gasteiger partial charge in [0.25, 0.3) is 0 Å². The van der Waals surface area contributed by atoms with Crippen molar-refractivity contribution in [3.8, 4) is 11.4 Å². The number of benzene rings is 2. The summed E-state index contributed by atoms with van der Waals surface area (Å²) >= 11 is 0. The van der Waals surface area contributed by atoms with Gasteiger partial charge in [-0.3, -0.25) is 9.47 Å². The van der Waals surface area contributed by atoms with Gasteiger partial charge in [0.05, 0.1) is 6.04 Å². The van der Waals surface area contributed by atoms with Gasteiger partial charge >= 0.3 is 0 Å². The zero-order valence-electron chi connectivity index (χ0n) is 16.5. The molecule has 2 aromatic carbocycles. The molecular weight excluding hydrogens is 348 g/mol. The molecule has 0 spiro atoms. The Bertz CT molecular complexity index is 953. The van der Waals surface area contributed by atoms with E-state index in [-0.39, 0.29) is 6.10 Å². The molecule has 1 aliphatic carbocycles. The molecule has 1 saturated heterocycles. The highest BCUT2D eigenvalue weighted by Crippen LogP contribution is 2.39. The molecule has 5 rings (SSSR count). The predicted molar refractivity (Wildman–Crippen MR) is 109 cm³/mol. The smallest absolute Gasteiger partial charge is 0.140 e. The summed E-state index contributed by atoms with van der Waals surface area (Å²) in [6, 6.07) is 17.5. The second-order valence-corrected chi connectivity index (χ2v) is 7.88. The van der Waals surface area contributed by atoms with Crippen LogP contribution in [0.25, 0.3) is 5.69 Å². The molecule has 1 aromatic heterocycles. The van der Waals surface area contributed by atoms with Gasteiger partial charge in [-0.15, -0.1) is 10.2 Å². The lowest BCUT2D eigenvalue weighted by molar-refractivity contribution is 0.0941. The van der Waals surface area contributed by atoms with Crippen LogP contribution in [0.3, 0.4) is 0 Å². The molecule has 0 saturated carbocycles. The Hall–Kier alpha value is -2.66. The van der Waals surface area contributed by atoms with Crippen molar-refractivity contribution in [3.63, 3.8) is 0 Å². The fraction of sp³-hybridized carbons (Fsp3) is 0.391. The van der Waals surface area contributed by atoms with Crippen LogP contribution in [0.5, 0.6) is 5.75 Å². The van der Waals surface area contributed by atoms with Crippen LogP contribution in [0.15, 0.2) is 48.5 Å². The molecule has 28 heavy (non-hydrogen) atoms. The van der Waals surface area contributed by atoms with Crippen LogP contribution in [-0.4, -0.2) is 38.8 Å². The predicted octanol–water partition coefficient (Wildman–Crippen LogP) is 4.02. The summed E-state index contributed by atoms with van der Waals surface area (Å²) in [6.45, 7) is 6.31. The van der Waals surface area contributed by atoms with Crippen molar-refractivity contribution in [1.82, 2.24) is 19.7 Å². The van der Waals surface area contributed by atoms with E-state index in [2.05, 4.69) is 68.2 Å². The van der Waals surface area contributed by atoms with Gasteiger partial charge in [0, 0.05) is 5.69 Å². The van der Waals surface area contributed by atoms with Crippen molar-refractivity contribution in [2.24, 2.45) is 0 Å². The Balaban J connectivity index is 1.42. The van der Waals surface area contributed by atoms with Crippen molar-refractivity contribution >= 4 is 0 Å². The zero-order chi connectivity index (χ0) is 19.1. The standard InChI is InChI=1S/C23H26N4O/c1-16-24-25-17(2)27(16)19-9-11-20(12-10-19)28-23-21-8-4-3-7-18(21)15-22(23)26-13-5-6-14-26/h3-4,7-12,22-23H,5-6,13-15H2,1-2H3/t22-,23-/m0/s1. The van der Waals surface area contributed by atoms with Crippen molar-refractivity contribution in [1.29, 1.82) is 0 Å². The number of aryl methyl sites for hydroxylation is 2. The van der Waals surface area contributed by atoms with Gasteiger partial charge in [0.2, 0.25) is 0 Å². The lowest BCUT2D eigenvalue weighted by Crippen LogP contribution is -2.38. The van der Waals surface area contributed by atoms with Crippen LogP contribution in [0.2, 0.25) is 0 Å². The first-order valence-electron chi connectivity index (χ1n) is 10.2. The van der Waals surface area contributed by atoms with Crippen molar-refractivity contribution in [2.45, 2.75) is 45.3 Å². The quantitative estimate of drug-likeness (QED) is 0.692. The highest BCUT2D eigenvalue weighted by Gasteiger charge is 2.38. The highest BCUT2D eigenvalue weighted by molar-refractivity contribution is 5.41. The maximum atomic E-state index is 6.58. The van der Waals surface area contributed by atoms with E-state index in [1.54, 1.807) is 0 Å². The molecule has 2 aliphatic rings. The maximum Gasteiger partial charge on any atom is 0.140 e. The Kier molecular flexibility index (Phi) is 4.40. The number of hydrogen-bond acceptors (Lipinski definition) is 4. The third-order valence-electron chi connectivity index (χ3n) is 6.09. The molecule has 0 unspecified atom stereocenters. The molecule has 1 fully saturated rings. The molecule has 2 heterocycles. The molecular formula is C23H26N4O. The molecule has 144 valence electrons. The zero-order valence-corrected chi connectivity index (χ0v) is 16.5. The number of fused-ring (bicyclic) bond motifs is 1. The van der Waals surface area contributed by atoms with E-state index in [1.165, 1.54) is 37.1 Å². The van der Waals surface area contributed by atoms with E-state index < -0.39 is 0 Å². The summed E-state index contributed by atoms with van der Waals surface area (Å²) in [5.74, 6) is 2.70. The van der Waals surface area contributed by atoms with E-state index in [4.69, 9.17) is 4.74 Å². The number of hydrogen-bond donors (Lipinski definition) is 0. The van der Waals surface area contributed by atoms with E-state index >= 15 is 0 Å². The minimum absolute atomic E-state index is 0.0959. The first-order valence-corrected chi connectivity index (χ1v) is 10.2. The summed E-state index contributed by atoms with van der Waals surface area (Å²) in [4.78, 5) is 2.61. The van der Waals surface area contributed by atoms with E-state index in [0.29, 0.717) is 6.04 Å². The first-order chi connectivity index (χ1) is 13.7. The molecule has 0 bridgehead atoms. The summed E-state index contributed by atoms with van der Waals surface area (Å²) < 4.78 is 8.63. The minimum atomic E-state index is 0.0959. The van der Waals surface area contributed by atoms with Gasteiger partial charge in [-0.1, -0.05) is 24.3 Å². The van der Waals surface area contributed by atoms with Crippen LogP contribution in [0, 0.1) is 13.8 Å². The fourth-order valence-electron chi connectivity index (χ4n) is 4.74. The molecule has 2 atom stereocenters. The Morgan fingerprint density at radius 2 is 1.57 bits per heavy atom. The monoisotopic (exact) mass is 374 g/mol. The summed E-state index contributed by atoms with van der Waals surface area (Å²) in [7, 11) is 0. The minimum Gasteiger partial charge on any atom is -0.484 e. The lowest BCUT2D eigenvalue weighted by Gasteiger charge is -2.30. The molecule has 0 radical (unpaired) electrons. The maximum absolute atomic E-state index is 6.58. The number of ether oxygens (including phenoxy) is 1. The molecule has 0 N–H and O–H groups in total. The van der Waals surface area contributed by atoms with Gasteiger partial charge in [0.1, 0.15) is 23.5 Å². The molecule has 1 aliphatic heterocycles. The van der Waals surface area contributed by atoms with Crippen LogP contribution in [0.4, 0.5) is 0 Å². The lowest BCUT2D eigenvalue weighted by atomic mass is 10.1. The third kappa shape index (κ3) is 3.00. The van der Waals surface area contributed by atoms with Crippen molar-refractivity contribution in [2.75, 3.05) is 13.1 Å². The average Bonchev–Trinajstić information content (AvgIpc) is 3.43. The Morgan fingerprint density at radius 1 is 0.893 bits per heavy atom. The van der Waals surface area contributed by atoms with E-state index in [9.17, 15) is 0 Å². The summed E-state index contributed by atoms with van der Waals surface area (Å²) in [5.41, 5.74) is 3.83. The van der Waals surface area contributed by atoms with E-state index in [0.717, 1.165) is 29.5 Å². The van der Waals surface area contributed by atoms with Crippen LogP contribution in [-0.2, 0) is 6.42 Å². The first kappa shape index (κ1) is 17.4. The topological polar surface area (TPSA) is 43.2 Å². The second-order valence-electron chi connectivity index (χ2n) is 7.88. The van der Waals surface area contributed by atoms with Crippen LogP contribution in [0.1, 0.15) is 41.7 Å². The molecule has 5 nitrogen and oxygen atoms in total. The van der Waals surface area contributed by atoms with Gasteiger partial charge in [-0.25, -0.2) is 0 Å². The Labute approximate surface area is 166 Å². The largest absolute Gasteiger partial charge is 0.484 e. The Morgan fingerprint density at radius 3 is 2.29 bits per heavy atom. The fourth-order valence-corrected chi connectivity index (χ4v) is 4.74. The molecule has 5 heteroatoms. The van der Waals surface area contributed by atoms with Gasteiger partial charge in [-0.2, -0.15) is 0 Å². The number of rotatable bonds is 4. The third-order valence-corrected chi connectivity index (χ3v) is 6.09. The number of nitrogens with zero attached hydrogens (tertiary/aromatic N) is 4. The van der Waals surface area contributed by atoms with Crippen LogP contribution < -0.4 is 4.74 Å². The highest BCUT2D eigenvalue weighted by atomic mass is 16.5. The summed E-state index contributed by atoms with van der Waals surface area (Å²) in [5, 5.41) is 8.31. The SMILES string of the molecule is Cc1nnc(C)n1-c1ccc(O[C@H]2c3ccccc3C[C@@H]2N2CCCC2)cc1. The molecule has 3 aromatic rings. The van der Waals surface area contributed by atoms with Gasteiger partial charge < -0.3 is 4.74 Å². The van der Waals surface area contributed by atoms with Gasteiger partial charge in [-0.05, 0) is 81.6 Å². The number of aromatic nitrogens is 3. The average molecular weight is 374 g/mol. The molecule has 0 amide bonds. The summed E-state index contributed by atoms with van der Waals surface area (Å²) in [6.07, 6.45) is 3.77. The van der Waals surface area contributed by atoms with E-state index in [1.807, 2.05) is 13.8 Å². The second kappa shape index (κ2) is 7.06. The van der Waals surface area contributed by atoms with Crippen LogP contribution >= 0.6 is 0 Å². The van der Waals surface area contributed by atoms with Crippen molar-refractivity contribution in [3.05, 3.63) is 71.3 Å². The normalized spacial score (nSPS) is 21.8. The van der Waals surface area contributed by atoms with Gasteiger partial charge in [0.15, 0.2) is 0 Å². The number of likely N-dealkylation sites (tertiary alicyclic amines) is 1. The van der Waals surface area contributed by atoms with Crippen molar-refractivity contribution < 1.29 is 4.74 Å².